The molecule has 1 amide bonds. The SMILES string of the molecule is CC(C)c1ccc(S(=O)(=O)N2CCN(C(=O)[C@H]3Cc4ccccc4O3)CC2)cc1. The van der Waals surface area contributed by atoms with Crippen molar-refractivity contribution in [3.05, 3.63) is 59.7 Å². The summed E-state index contributed by atoms with van der Waals surface area (Å²) in [6.45, 7) is 5.48. The van der Waals surface area contributed by atoms with Crippen LogP contribution >= 0.6 is 0 Å². The number of carbonyl (C=O) groups is 1. The summed E-state index contributed by atoms with van der Waals surface area (Å²) in [5, 5.41) is 0. The Morgan fingerprint density at radius 3 is 2.28 bits per heavy atom. The fourth-order valence-corrected chi connectivity index (χ4v) is 5.27. The number of hydrogen-bond acceptors (Lipinski definition) is 4. The first kappa shape index (κ1) is 19.9. The molecule has 0 aromatic heterocycles. The van der Waals surface area contributed by atoms with Crippen molar-refractivity contribution >= 4 is 15.9 Å². The van der Waals surface area contributed by atoms with Crippen molar-refractivity contribution in [1.82, 2.24) is 9.21 Å². The highest BCUT2D eigenvalue weighted by atomic mass is 32.2. The number of sulfonamides is 1. The molecule has 2 heterocycles. The van der Waals surface area contributed by atoms with Crippen LogP contribution in [0.4, 0.5) is 0 Å². The summed E-state index contributed by atoms with van der Waals surface area (Å²) in [5.74, 6) is 1.04. The van der Waals surface area contributed by atoms with E-state index in [9.17, 15) is 13.2 Å². The van der Waals surface area contributed by atoms with Crippen LogP contribution in [0, 0.1) is 0 Å². The molecule has 0 aliphatic carbocycles. The third-order valence-corrected chi connectivity index (χ3v) is 7.57. The third kappa shape index (κ3) is 3.89. The number of amides is 1. The van der Waals surface area contributed by atoms with Crippen LogP contribution in [-0.2, 0) is 21.2 Å². The van der Waals surface area contributed by atoms with Crippen LogP contribution < -0.4 is 4.74 Å². The minimum absolute atomic E-state index is 0.0699. The molecule has 1 saturated heterocycles. The highest BCUT2D eigenvalue weighted by molar-refractivity contribution is 7.89. The molecule has 29 heavy (non-hydrogen) atoms. The van der Waals surface area contributed by atoms with E-state index in [0.717, 1.165) is 16.9 Å². The van der Waals surface area contributed by atoms with Gasteiger partial charge in [-0.3, -0.25) is 4.79 Å². The van der Waals surface area contributed by atoms with Crippen LogP contribution in [0.2, 0.25) is 0 Å². The second-order valence-electron chi connectivity index (χ2n) is 7.87. The molecule has 2 aromatic rings. The molecule has 0 bridgehead atoms. The van der Waals surface area contributed by atoms with E-state index < -0.39 is 16.1 Å². The summed E-state index contributed by atoms with van der Waals surface area (Å²) in [6.07, 6.45) is 0.0505. The van der Waals surface area contributed by atoms with Crippen molar-refractivity contribution in [1.29, 1.82) is 0 Å². The summed E-state index contributed by atoms with van der Waals surface area (Å²) in [5.41, 5.74) is 2.15. The number of hydrogen-bond donors (Lipinski definition) is 0. The lowest BCUT2D eigenvalue weighted by Gasteiger charge is -2.35. The van der Waals surface area contributed by atoms with Crippen LogP contribution in [0.5, 0.6) is 5.75 Å². The van der Waals surface area contributed by atoms with Gasteiger partial charge in [-0.2, -0.15) is 4.31 Å². The van der Waals surface area contributed by atoms with Crippen molar-refractivity contribution in [2.75, 3.05) is 26.2 Å². The first-order valence-electron chi connectivity index (χ1n) is 10.00. The predicted molar refractivity (Wildman–Crippen MR) is 110 cm³/mol. The number of rotatable bonds is 4. The number of ether oxygens (including phenoxy) is 1. The summed E-state index contributed by atoms with van der Waals surface area (Å²) >= 11 is 0. The lowest BCUT2D eigenvalue weighted by molar-refractivity contribution is -0.139. The molecule has 1 fully saturated rings. The molecule has 2 aliphatic rings. The first-order chi connectivity index (χ1) is 13.9. The van der Waals surface area contributed by atoms with E-state index in [4.69, 9.17) is 4.74 Å². The van der Waals surface area contributed by atoms with Gasteiger partial charge in [0.1, 0.15) is 5.75 Å². The van der Waals surface area contributed by atoms with E-state index in [1.807, 2.05) is 36.4 Å². The zero-order valence-corrected chi connectivity index (χ0v) is 17.6. The van der Waals surface area contributed by atoms with E-state index in [-0.39, 0.29) is 5.91 Å². The molecule has 154 valence electrons. The Bertz CT molecular complexity index is 969. The van der Waals surface area contributed by atoms with Crippen molar-refractivity contribution < 1.29 is 17.9 Å². The van der Waals surface area contributed by atoms with Crippen LogP contribution in [0.25, 0.3) is 0 Å². The van der Waals surface area contributed by atoms with Gasteiger partial charge >= 0.3 is 0 Å². The number of para-hydroxylation sites is 1. The van der Waals surface area contributed by atoms with Crippen LogP contribution in [0.15, 0.2) is 53.4 Å². The maximum atomic E-state index is 12.9. The number of fused-ring (bicyclic) bond motifs is 1. The largest absolute Gasteiger partial charge is 0.480 e. The lowest BCUT2D eigenvalue weighted by Crippen LogP contribution is -2.53. The Balaban J connectivity index is 1.38. The fourth-order valence-electron chi connectivity index (χ4n) is 3.85. The Morgan fingerprint density at radius 1 is 1.00 bits per heavy atom. The molecule has 0 saturated carbocycles. The minimum Gasteiger partial charge on any atom is -0.480 e. The fraction of sp³-hybridized carbons (Fsp3) is 0.409. The van der Waals surface area contributed by atoms with Gasteiger partial charge in [0.25, 0.3) is 5.91 Å². The van der Waals surface area contributed by atoms with Gasteiger partial charge in [-0.05, 0) is 35.2 Å². The molecule has 4 rings (SSSR count). The maximum absolute atomic E-state index is 12.9. The average molecular weight is 415 g/mol. The zero-order valence-electron chi connectivity index (χ0n) is 16.7. The third-order valence-electron chi connectivity index (χ3n) is 5.66. The normalized spacial score (nSPS) is 19.8. The highest BCUT2D eigenvalue weighted by Gasteiger charge is 2.36. The highest BCUT2D eigenvalue weighted by Crippen LogP contribution is 2.29. The summed E-state index contributed by atoms with van der Waals surface area (Å²) < 4.78 is 33.2. The van der Waals surface area contributed by atoms with Gasteiger partial charge in [-0.1, -0.05) is 44.2 Å². The number of carbonyl (C=O) groups excluding carboxylic acids is 1. The molecule has 1 atom stereocenters. The smallest absolute Gasteiger partial charge is 0.264 e. The summed E-state index contributed by atoms with van der Waals surface area (Å²) in [4.78, 5) is 14.8. The molecule has 2 aromatic carbocycles. The predicted octanol–water partition coefficient (Wildman–Crippen LogP) is 2.65. The van der Waals surface area contributed by atoms with Crippen molar-refractivity contribution in [3.8, 4) is 5.75 Å². The second kappa shape index (κ2) is 7.80. The monoisotopic (exact) mass is 414 g/mol. The van der Waals surface area contributed by atoms with Gasteiger partial charge in [0, 0.05) is 32.6 Å². The van der Waals surface area contributed by atoms with Gasteiger partial charge in [0.2, 0.25) is 10.0 Å². The number of piperazine rings is 1. The number of benzene rings is 2. The van der Waals surface area contributed by atoms with Crippen LogP contribution in [0.1, 0.15) is 30.9 Å². The van der Waals surface area contributed by atoms with Crippen LogP contribution in [-0.4, -0.2) is 55.8 Å². The molecular weight excluding hydrogens is 388 g/mol. The van der Waals surface area contributed by atoms with Crippen molar-refractivity contribution in [2.24, 2.45) is 0 Å². The summed E-state index contributed by atoms with van der Waals surface area (Å²) in [6, 6.07) is 14.8. The van der Waals surface area contributed by atoms with Crippen molar-refractivity contribution in [2.45, 2.75) is 37.2 Å². The molecule has 6 nitrogen and oxygen atoms in total. The van der Waals surface area contributed by atoms with Gasteiger partial charge in [0.15, 0.2) is 6.10 Å². The van der Waals surface area contributed by atoms with Gasteiger partial charge < -0.3 is 9.64 Å². The van der Waals surface area contributed by atoms with E-state index in [1.165, 1.54) is 4.31 Å². The Morgan fingerprint density at radius 2 is 1.66 bits per heavy atom. The van der Waals surface area contributed by atoms with E-state index in [2.05, 4.69) is 13.8 Å². The maximum Gasteiger partial charge on any atom is 0.264 e. The molecule has 0 radical (unpaired) electrons. The number of nitrogens with zero attached hydrogens (tertiary/aromatic N) is 2. The second-order valence-corrected chi connectivity index (χ2v) is 9.81. The summed E-state index contributed by atoms with van der Waals surface area (Å²) in [7, 11) is -3.55. The Hall–Kier alpha value is -2.38. The molecule has 2 aliphatic heterocycles. The Kier molecular flexibility index (Phi) is 5.36. The first-order valence-corrected chi connectivity index (χ1v) is 11.4. The molecule has 0 N–H and O–H groups in total. The quantitative estimate of drug-likeness (QED) is 0.771. The van der Waals surface area contributed by atoms with Crippen LogP contribution in [0.3, 0.4) is 0 Å². The van der Waals surface area contributed by atoms with Crippen molar-refractivity contribution in [3.63, 3.8) is 0 Å². The Labute approximate surface area is 172 Å². The van der Waals surface area contributed by atoms with E-state index in [0.29, 0.717) is 43.4 Å². The topological polar surface area (TPSA) is 66.9 Å². The molecule has 0 unspecified atom stereocenters. The molecular formula is C22H26N2O4S. The minimum atomic E-state index is -3.55. The molecule has 0 spiro atoms. The van der Waals surface area contributed by atoms with E-state index in [1.54, 1.807) is 17.0 Å². The standard InChI is InChI=1S/C22H26N2O4S/c1-16(2)17-7-9-19(10-8-17)29(26,27)24-13-11-23(12-14-24)22(25)21-15-18-5-3-4-6-20(18)28-21/h3-10,16,21H,11-15H2,1-2H3/t21-/m1/s1. The average Bonchev–Trinajstić information content (AvgIpc) is 3.17. The molecule has 7 heteroatoms. The zero-order chi connectivity index (χ0) is 20.6. The van der Waals surface area contributed by atoms with E-state index >= 15 is 0 Å². The van der Waals surface area contributed by atoms with Gasteiger partial charge in [-0.25, -0.2) is 8.42 Å². The lowest BCUT2D eigenvalue weighted by atomic mass is 10.0. The van der Waals surface area contributed by atoms with Gasteiger partial charge in [0.05, 0.1) is 4.90 Å². The van der Waals surface area contributed by atoms with Gasteiger partial charge in [-0.15, -0.1) is 0 Å².